The third-order valence-corrected chi connectivity index (χ3v) is 8.92. The molecule has 0 radical (unpaired) electrons. The fourth-order valence-electron chi connectivity index (χ4n) is 6.04. The first-order valence-electron chi connectivity index (χ1n) is 21.8. The van der Waals surface area contributed by atoms with Gasteiger partial charge in [0.15, 0.2) is 25.2 Å². The molecule has 448 valence electrons. The minimum atomic E-state index is -1.59. The van der Waals surface area contributed by atoms with Gasteiger partial charge in [0, 0.05) is 55.4 Å². The summed E-state index contributed by atoms with van der Waals surface area (Å²) in [6.45, 7) is 6.34. The average molecular weight is 1130 g/mol. The van der Waals surface area contributed by atoms with Crippen molar-refractivity contribution in [1.82, 2.24) is 10.6 Å². The van der Waals surface area contributed by atoms with Gasteiger partial charge in [0.2, 0.25) is 11.8 Å². The molecule has 76 heavy (non-hydrogen) atoms. The maximum absolute atomic E-state index is 11.3. The molecule has 0 saturated carbocycles. The van der Waals surface area contributed by atoms with Crippen molar-refractivity contribution >= 4 is 47.6 Å². The zero-order valence-corrected chi connectivity index (χ0v) is 42.3. The summed E-state index contributed by atoms with van der Waals surface area (Å²) in [5.41, 5.74) is 11.6. The van der Waals surface area contributed by atoms with Crippen LogP contribution in [0, 0.1) is 0 Å². The Balaban J connectivity index is -0.000000479. The Morgan fingerprint density at radius 3 is 0.776 bits per heavy atom. The minimum absolute atomic E-state index is 0.539. The number of aliphatic carboxylic acids is 6. The molecular weight excluding hydrogens is 1050 g/mol. The van der Waals surface area contributed by atoms with E-state index in [0.717, 1.165) is 41.5 Å². The molecule has 0 aliphatic carbocycles. The van der Waals surface area contributed by atoms with E-state index in [1.165, 1.54) is 13.8 Å². The number of aliphatic hydroxyl groups excluding tert-OH is 12. The maximum atomic E-state index is 11.3. The smallest absolute Gasteiger partial charge is 0.300 e. The van der Waals surface area contributed by atoms with Crippen molar-refractivity contribution in [3.8, 4) is 0 Å². The van der Waals surface area contributed by atoms with E-state index >= 15 is 0 Å². The summed E-state index contributed by atoms with van der Waals surface area (Å²) < 4.78 is 32.0. The molecule has 0 spiro atoms. The average Bonchev–Trinajstić information content (AvgIpc) is 3.27. The van der Waals surface area contributed by atoms with E-state index in [4.69, 9.17) is 99.3 Å². The summed E-state index contributed by atoms with van der Waals surface area (Å²) in [4.78, 5) is 76.5. The van der Waals surface area contributed by atoms with Crippen LogP contribution < -0.4 is 22.1 Å². The van der Waals surface area contributed by atoms with Crippen molar-refractivity contribution < 1.29 is 159 Å². The number of carboxylic acids is 6. The van der Waals surface area contributed by atoms with Crippen molar-refractivity contribution in [2.75, 3.05) is 26.4 Å². The predicted molar refractivity (Wildman–Crippen MR) is 244 cm³/mol. The molecule has 36 nitrogen and oxygen atoms in total. The Hall–Kier alpha value is -5.04. The van der Waals surface area contributed by atoms with Crippen LogP contribution in [0.3, 0.4) is 0 Å². The van der Waals surface area contributed by atoms with Crippen LogP contribution in [0.1, 0.15) is 55.4 Å². The normalized spacial score (nSPS) is 34.0. The first-order valence-corrected chi connectivity index (χ1v) is 21.8. The third-order valence-electron chi connectivity index (χ3n) is 8.92. The minimum Gasteiger partial charge on any atom is -0.481 e. The molecule has 4 aliphatic rings. The number of carboxylic acid groups (broad SMARTS) is 6. The van der Waals surface area contributed by atoms with Gasteiger partial charge in [0.1, 0.15) is 85.3 Å². The molecular formula is C40H76N4O32. The lowest BCUT2D eigenvalue weighted by atomic mass is 9.95. The Morgan fingerprint density at radius 1 is 0.382 bits per heavy atom. The molecule has 4 heterocycles. The maximum Gasteiger partial charge on any atom is 0.300 e. The van der Waals surface area contributed by atoms with Crippen LogP contribution in [0.5, 0.6) is 0 Å². The van der Waals surface area contributed by atoms with E-state index < -0.39 is 197 Å². The van der Waals surface area contributed by atoms with Gasteiger partial charge in [-0.1, -0.05) is 0 Å². The van der Waals surface area contributed by atoms with Crippen molar-refractivity contribution in [3.05, 3.63) is 0 Å². The van der Waals surface area contributed by atoms with Gasteiger partial charge >= 0.3 is 0 Å². The van der Waals surface area contributed by atoms with Gasteiger partial charge in [-0.3, -0.25) is 38.4 Å². The van der Waals surface area contributed by atoms with Gasteiger partial charge in [0.05, 0.1) is 38.5 Å². The van der Waals surface area contributed by atoms with Crippen LogP contribution >= 0.6 is 0 Å². The molecule has 2 amide bonds. The number of nitrogens with one attached hydrogen (secondary N) is 2. The molecule has 0 aromatic carbocycles. The Labute approximate surface area is 432 Å². The van der Waals surface area contributed by atoms with Gasteiger partial charge in [-0.15, -0.1) is 0 Å². The number of aliphatic hydroxyl groups is 12. The summed E-state index contributed by atoms with van der Waals surface area (Å²) in [6.07, 6.45) is -22.1. The molecule has 4 fully saturated rings. The zero-order chi connectivity index (χ0) is 60.7. The van der Waals surface area contributed by atoms with Gasteiger partial charge < -0.3 is 142 Å². The van der Waals surface area contributed by atoms with Crippen LogP contribution in [0.15, 0.2) is 0 Å². The highest BCUT2D eigenvalue weighted by atomic mass is 16.7. The molecule has 0 unspecified atom stereocenters. The van der Waals surface area contributed by atoms with Crippen LogP contribution in [0.2, 0.25) is 0 Å². The van der Waals surface area contributed by atoms with Crippen LogP contribution in [-0.4, -0.2) is 289 Å². The fraction of sp³-hybridized carbons (Fsp3) is 0.800. The monoisotopic (exact) mass is 1120 g/mol. The van der Waals surface area contributed by atoms with E-state index in [2.05, 4.69) is 10.6 Å². The molecule has 24 N–H and O–H groups in total. The summed E-state index contributed by atoms with van der Waals surface area (Å²) in [5, 5.41) is 167. The van der Waals surface area contributed by atoms with Gasteiger partial charge in [-0.2, -0.15) is 0 Å². The molecule has 0 bridgehead atoms. The first-order chi connectivity index (χ1) is 34.8. The van der Waals surface area contributed by atoms with E-state index in [1.54, 1.807) is 0 Å². The standard InChI is InChI=1S/2C14H26N2O10.6C2H4O2/c2*1-4(19)16-8-11(22)12(6(3-18)24-13(8)23)26-14-7(15)10(21)9(20)5(2-17)25-14;6*1-2(3)4/h2*5-14,17-18,20-23H,2-3,15H2,1H3,(H,16,19);6*1H3,(H,3,4)/t2*5-,6-,7-,8-,9-,10-,11-,12-,13-,14+;;;;;;/m11....../s1. The van der Waals surface area contributed by atoms with Crippen molar-refractivity contribution in [3.63, 3.8) is 0 Å². The Morgan fingerprint density at radius 2 is 0.592 bits per heavy atom. The molecule has 4 saturated heterocycles. The number of carbonyl (C=O) groups is 8. The number of carbonyl (C=O) groups excluding carboxylic acids is 2. The number of ether oxygens (including phenoxy) is 6. The van der Waals surface area contributed by atoms with Crippen LogP contribution in [0.4, 0.5) is 0 Å². The summed E-state index contributed by atoms with van der Waals surface area (Å²) in [5.74, 6) is -6.08. The van der Waals surface area contributed by atoms with Crippen LogP contribution in [0.25, 0.3) is 0 Å². The zero-order valence-electron chi connectivity index (χ0n) is 42.3. The molecule has 4 rings (SSSR count). The fourth-order valence-corrected chi connectivity index (χ4v) is 6.04. The van der Waals surface area contributed by atoms with Crippen LogP contribution in [-0.2, 0) is 66.8 Å². The molecule has 0 aromatic heterocycles. The highest BCUT2D eigenvalue weighted by Gasteiger charge is 2.52. The number of amides is 2. The lowest BCUT2D eigenvalue weighted by Crippen LogP contribution is -2.68. The SMILES string of the molecule is CC(=O)N[C@@H]1[C@@H](O)[C@H](O[C@@H]2O[C@H](CO)[C@@H](O)[C@H](O)[C@H]2N)[C@@H](CO)O[C@H]1O.CC(=O)N[C@@H]1[C@@H](O)[C@H](O[C@@H]2O[C@H](CO)[C@@H](O)[C@H](O)[C@H]2N)[C@@H](CO)O[C@H]1O.CC(=O)O.CC(=O)O.CC(=O)O.CC(=O)O.CC(=O)O.CC(=O)O. The number of hydrogen-bond acceptors (Lipinski definition) is 28. The van der Waals surface area contributed by atoms with E-state index in [0.29, 0.717) is 0 Å². The highest BCUT2D eigenvalue weighted by molar-refractivity contribution is 5.73. The van der Waals surface area contributed by atoms with Gasteiger partial charge in [-0.25, -0.2) is 0 Å². The van der Waals surface area contributed by atoms with E-state index in [-0.39, 0.29) is 0 Å². The second kappa shape index (κ2) is 40.2. The van der Waals surface area contributed by atoms with E-state index in [9.17, 15) is 70.9 Å². The van der Waals surface area contributed by atoms with Gasteiger partial charge in [0.25, 0.3) is 35.8 Å². The molecule has 4 aliphatic heterocycles. The molecule has 20 atom stereocenters. The van der Waals surface area contributed by atoms with Crippen molar-refractivity contribution in [2.24, 2.45) is 11.5 Å². The Kier molecular flexibility index (Phi) is 41.0. The second-order valence-electron chi connectivity index (χ2n) is 15.8. The van der Waals surface area contributed by atoms with Crippen molar-refractivity contribution in [1.29, 1.82) is 0 Å². The topological polar surface area (TPSA) is 632 Å². The molecule has 36 heteroatoms. The van der Waals surface area contributed by atoms with E-state index in [1.807, 2.05) is 0 Å². The number of rotatable bonds is 10. The summed E-state index contributed by atoms with van der Waals surface area (Å²) >= 11 is 0. The number of nitrogens with two attached hydrogens (primary N) is 2. The van der Waals surface area contributed by atoms with Gasteiger partial charge in [-0.05, 0) is 0 Å². The third kappa shape index (κ3) is 32.5. The van der Waals surface area contributed by atoms with Crippen molar-refractivity contribution in [2.45, 2.75) is 178 Å². The lowest BCUT2D eigenvalue weighted by Gasteiger charge is -2.46. The summed E-state index contributed by atoms with van der Waals surface area (Å²) in [7, 11) is 0. The lowest BCUT2D eigenvalue weighted by molar-refractivity contribution is -0.325. The largest absolute Gasteiger partial charge is 0.481 e. The highest BCUT2D eigenvalue weighted by Crippen LogP contribution is 2.30. The quantitative estimate of drug-likeness (QED) is 0.0966. The predicted octanol–water partition coefficient (Wildman–Crippen LogP) is -10.0. The first kappa shape index (κ1) is 77.5. The number of hydrogen-bond donors (Lipinski definition) is 22. The second-order valence-corrected chi connectivity index (χ2v) is 15.8. The Bertz CT molecular complexity index is 1510. The summed E-state index contributed by atoms with van der Waals surface area (Å²) in [6, 6.07) is -4.95. The molecule has 0 aromatic rings.